The van der Waals surface area contributed by atoms with Gasteiger partial charge >= 0.3 is 0 Å². The van der Waals surface area contributed by atoms with Gasteiger partial charge in [0.2, 0.25) is 0 Å². The molecular formula is C22H22N4O3. The zero-order valence-electron chi connectivity index (χ0n) is 16.7. The molecule has 0 atom stereocenters. The molecule has 7 heteroatoms. The highest BCUT2D eigenvalue weighted by Gasteiger charge is 2.13. The van der Waals surface area contributed by atoms with Crippen LogP contribution < -0.4 is 15.4 Å². The topological polar surface area (TPSA) is 93.2 Å². The minimum atomic E-state index is -0.393. The molecule has 0 aliphatic heterocycles. The van der Waals surface area contributed by atoms with Crippen LogP contribution in [-0.2, 0) is 0 Å². The smallest absolute Gasteiger partial charge is 0.274 e. The predicted molar refractivity (Wildman–Crippen MR) is 112 cm³/mol. The van der Waals surface area contributed by atoms with Gasteiger partial charge in [-0.05, 0) is 50.6 Å². The summed E-state index contributed by atoms with van der Waals surface area (Å²) in [6.07, 6.45) is 0. The second kappa shape index (κ2) is 8.52. The number of anilines is 3. The van der Waals surface area contributed by atoms with E-state index in [1.54, 1.807) is 44.4 Å². The average Bonchev–Trinajstić information content (AvgIpc) is 2.68. The fourth-order valence-electron chi connectivity index (χ4n) is 2.82. The molecule has 1 amide bonds. The zero-order valence-corrected chi connectivity index (χ0v) is 16.7. The number of hydrogen-bond acceptors (Lipinski definition) is 6. The Hall–Kier alpha value is -3.74. The van der Waals surface area contributed by atoms with Crippen molar-refractivity contribution in [3.63, 3.8) is 0 Å². The first-order chi connectivity index (χ1) is 13.9. The highest BCUT2D eigenvalue weighted by atomic mass is 16.5. The van der Waals surface area contributed by atoms with Crippen LogP contribution in [0, 0.1) is 13.8 Å². The zero-order chi connectivity index (χ0) is 21.0. The molecule has 3 rings (SSSR count). The number of hydrogen-bond donors (Lipinski definition) is 2. The molecule has 1 heterocycles. The van der Waals surface area contributed by atoms with E-state index in [-0.39, 0.29) is 11.5 Å². The van der Waals surface area contributed by atoms with Crippen molar-refractivity contribution in [1.82, 2.24) is 9.97 Å². The van der Waals surface area contributed by atoms with E-state index in [4.69, 9.17) is 4.74 Å². The van der Waals surface area contributed by atoms with Gasteiger partial charge in [-0.2, -0.15) is 0 Å². The van der Waals surface area contributed by atoms with Crippen LogP contribution >= 0.6 is 0 Å². The van der Waals surface area contributed by atoms with Gasteiger partial charge in [0.15, 0.2) is 5.78 Å². The number of ether oxygens (including phenoxy) is 1. The molecule has 148 valence electrons. The lowest BCUT2D eigenvalue weighted by molar-refractivity contribution is 0.100. The molecule has 7 nitrogen and oxygen atoms in total. The van der Waals surface area contributed by atoms with Gasteiger partial charge in [-0.25, -0.2) is 9.97 Å². The van der Waals surface area contributed by atoms with Gasteiger partial charge in [0.1, 0.15) is 23.1 Å². The number of nitrogens with zero attached hydrogens (tertiary/aromatic N) is 2. The van der Waals surface area contributed by atoms with Crippen molar-refractivity contribution in [1.29, 1.82) is 0 Å². The Bertz CT molecular complexity index is 1080. The number of Topliss-reactive ketones (excluding diaryl/α,β-unsaturated/α-hetero) is 1. The van der Waals surface area contributed by atoms with E-state index in [0.717, 1.165) is 11.3 Å². The molecule has 3 aromatic rings. The fraction of sp³-hybridized carbons (Fsp3) is 0.182. The summed E-state index contributed by atoms with van der Waals surface area (Å²) in [5.74, 6) is 1.13. The van der Waals surface area contributed by atoms with Gasteiger partial charge < -0.3 is 15.4 Å². The van der Waals surface area contributed by atoms with E-state index in [0.29, 0.717) is 28.6 Å². The molecule has 0 unspecified atom stereocenters. The third kappa shape index (κ3) is 4.95. The van der Waals surface area contributed by atoms with Gasteiger partial charge in [-0.3, -0.25) is 9.59 Å². The summed E-state index contributed by atoms with van der Waals surface area (Å²) >= 11 is 0. The first kappa shape index (κ1) is 20.0. The maximum Gasteiger partial charge on any atom is 0.274 e. The van der Waals surface area contributed by atoms with E-state index in [9.17, 15) is 9.59 Å². The second-order valence-electron chi connectivity index (χ2n) is 6.61. The molecule has 0 saturated carbocycles. The summed E-state index contributed by atoms with van der Waals surface area (Å²) in [6.45, 7) is 5.17. The van der Waals surface area contributed by atoms with Gasteiger partial charge in [-0.1, -0.05) is 18.2 Å². The fourth-order valence-corrected chi connectivity index (χ4v) is 2.82. The molecule has 29 heavy (non-hydrogen) atoms. The first-order valence-electron chi connectivity index (χ1n) is 9.05. The molecule has 0 spiro atoms. The molecule has 0 saturated heterocycles. The van der Waals surface area contributed by atoms with Crippen LogP contribution in [-0.4, -0.2) is 28.8 Å². The molecule has 0 aliphatic carbocycles. The normalized spacial score (nSPS) is 10.3. The first-order valence-corrected chi connectivity index (χ1v) is 9.05. The van der Waals surface area contributed by atoms with Crippen LogP contribution in [0.25, 0.3) is 0 Å². The monoisotopic (exact) mass is 390 g/mol. The van der Waals surface area contributed by atoms with Crippen LogP contribution in [0.4, 0.5) is 17.2 Å². The number of benzene rings is 2. The minimum absolute atomic E-state index is 0.0717. The number of aryl methyl sites for hydroxylation is 2. The quantitative estimate of drug-likeness (QED) is 0.610. The van der Waals surface area contributed by atoms with Crippen LogP contribution in [0.15, 0.2) is 48.5 Å². The lowest BCUT2D eigenvalue weighted by atomic mass is 10.1. The van der Waals surface area contributed by atoms with Crippen LogP contribution in [0.5, 0.6) is 5.75 Å². The summed E-state index contributed by atoms with van der Waals surface area (Å²) in [4.78, 5) is 32.8. The molecule has 2 aromatic carbocycles. The summed E-state index contributed by atoms with van der Waals surface area (Å²) in [6, 6.07) is 14.1. The molecule has 0 bridgehead atoms. The van der Waals surface area contributed by atoms with E-state index in [1.165, 1.54) is 6.92 Å². The van der Waals surface area contributed by atoms with Gasteiger partial charge in [0.05, 0.1) is 12.8 Å². The summed E-state index contributed by atoms with van der Waals surface area (Å²) < 4.78 is 5.38. The standard InChI is InChI=1S/C22H22N4O3/c1-13-8-9-20(29-4)18(10-13)26-21-12-19(23-15(3)24-21)22(28)25-17-7-5-6-16(11-17)14(2)27/h5-12H,1-4H3,(H,25,28)(H,23,24,26). The minimum Gasteiger partial charge on any atom is -0.495 e. The van der Waals surface area contributed by atoms with E-state index in [2.05, 4.69) is 20.6 Å². The SMILES string of the molecule is COc1ccc(C)cc1Nc1cc(C(=O)Nc2cccc(C(C)=O)c2)nc(C)n1. The largest absolute Gasteiger partial charge is 0.495 e. The van der Waals surface area contributed by atoms with Crippen molar-refractivity contribution in [2.45, 2.75) is 20.8 Å². The maximum absolute atomic E-state index is 12.7. The van der Waals surface area contributed by atoms with Gasteiger partial charge in [-0.15, -0.1) is 0 Å². The Kier molecular flexibility index (Phi) is 5.87. The van der Waals surface area contributed by atoms with Crippen LogP contribution in [0.3, 0.4) is 0 Å². The molecule has 0 radical (unpaired) electrons. The Morgan fingerprint density at radius 2 is 1.79 bits per heavy atom. The average molecular weight is 390 g/mol. The number of ketones is 1. The molecule has 0 fully saturated rings. The Labute approximate surface area is 169 Å². The number of methoxy groups -OCH3 is 1. The van der Waals surface area contributed by atoms with Crippen LogP contribution in [0.2, 0.25) is 0 Å². The molecule has 1 aromatic heterocycles. The number of aromatic nitrogens is 2. The number of carbonyl (C=O) groups excluding carboxylic acids is 2. The number of amides is 1. The predicted octanol–water partition coefficient (Wildman–Crippen LogP) is 4.30. The van der Waals surface area contributed by atoms with Crippen molar-refractivity contribution >= 4 is 28.9 Å². The number of nitrogens with one attached hydrogen (secondary N) is 2. The van der Waals surface area contributed by atoms with Crippen molar-refractivity contribution in [2.75, 3.05) is 17.7 Å². The van der Waals surface area contributed by atoms with E-state index >= 15 is 0 Å². The highest BCUT2D eigenvalue weighted by molar-refractivity contribution is 6.04. The lowest BCUT2D eigenvalue weighted by Crippen LogP contribution is -2.15. The molecular weight excluding hydrogens is 368 g/mol. The second-order valence-corrected chi connectivity index (χ2v) is 6.61. The Morgan fingerprint density at radius 3 is 2.52 bits per heavy atom. The maximum atomic E-state index is 12.7. The van der Waals surface area contributed by atoms with Crippen LogP contribution in [0.1, 0.15) is 39.2 Å². The number of carbonyl (C=O) groups is 2. The lowest BCUT2D eigenvalue weighted by Gasteiger charge is -2.13. The third-order valence-corrected chi connectivity index (χ3v) is 4.22. The molecule has 0 aliphatic rings. The Balaban J connectivity index is 1.85. The highest BCUT2D eigenvalue weighted by Crippen LogP contribution is 2.28. The summed E-state index contributed by atoms with van der Waals surface area (Å²) in [5.41, 5.74) is 3.05. The van der Waals surface area contributed by atoms with Gasteiger partial charge in [0.25, 0.3) is 5.91 Å². The van der Waals surface area contributed by atoms with E-state index in [1.807, 2.05) is 25.1 Å². The van der Waals surface area contributed by atoms with Gasteiger partial charge in [0, 0.05) is 17.3 Å². The molecule has 2 N–H and O–H groups in total. The number of rotatable bonds is 6. The van der Waals surface area contributed by atoms with Crippen molar-refractivity contribution < 1.29 is 14.3 Å². The summed E-state index contributed by atoms with van der Waals surface area (Å²) in [7, 11) is 1.59. The third-order valence-electron chi connectivity index (χ3n) is 4.22. The van der Waals surface area contributed by atoms with Crippen molar-refractivity contribution in [3.8, 4) is 5.75 Å². The van der Waals surface area contributed by atoms with Crippen molar-refractivity contribution in [3.05, 3.63) is 71.2 Å². The van der Waals surface area contributed by atoms with E-state index < -0.39 is 5.91 Å². The van der Waals surface area contributed by atoms with Crippen molar-refractivity contribution in [2.24, 2.45) is 0 Å². The Morgan fingerprint density at radius 1 is 1.00 bits per heavy atom. The summed E-state index contributed by atoms with van der Waals surface area (Å²) in [5, 5.41) is 5.96.